The lowest BCUT2D eigenvalue weighted by atomic mass is 10.2. The van der Waals surface area contributed by atoms with Crippen molar-refractivity contribution in [3.05, 3.63) is 51.7 Å². The van der Waals surface area contributed by atoms with Gasteiger partial charge in [0.05, 0.1) is 0 Å². The summed E-state index contributed by atoms with van der Waals surface area (Å²) in [6, 6.07) is 11.8. The SMILES string of the molecule is Cc1cccc(OCC(O)c2ccc(C)s2)c1. The summed E-state index contributed by atoms with van der Waals surface area (Å²) >= 11 is 1.60. The topological polar surface area (TPSA) is 29.5 Å². The second-order valence-electron chi connectivity index (χ2n) is 4.09. The van der Waals surface area contributed by atoms with E-state index in [-0.39, 0.29) is 0 Å². The summed E-state index contributed by atoms with van der Waals surface area (Å²) < 4.78 is 5.57. The van der Waals surface area contributed by atoms with Crippen molar-refractivity contribution < 1.29 is 9.84 Å². The van der Waals surface area contributed by atoms with Gasteiger partial charge in [-0.2, -0.15) is 0 Å². The predicted molar refractivity (Wildman–Crippen MR) is 70.7 cm³/mol. The van der Waals surface area contributed by atoms with Crippen LogP contribution in [0, 0.1) is 13.8 Å². The van der Waals surface area contributed by atoms with Crippen LogP contribution < -0.4 is 4.74 Å². The molecule has 0 fully saturated rings. The number of hydrogen-bond donors (Lipinski definition) is 1. The lowest BCUT2D eigenvalue weighted by Crippen LogP contribution is -2.08. The Labute approximate surface area is 105 Å². The lowest BCUT2D eigenvalue weighted by Gasteiger charge is -2.11. The normalized spacial score (nSPS) is 12.4. The quantitative estimate of drug-likeness (QED) is 0.897. The number of aliphatic hydroxyl groups is 1. The molecule has 0 aliphatic heterocycles. The van der Waals surface area contributed by atoms with Gasteiger partial charge in [0.2, 0.25) is 0 Å². The fraction of sp³-hybridized carbons (Fsp3) is 0.286. The van der Waals surface area contributed by atoms with Gasteiger partial charge in [-0.15, -0.1) is 11.3 Å². The number of aryl methyl sites for hydroxylation is 2. The largest absolute Gasteiger partial charge is 0.490 e. The molecule has 1 N–H and O–H groups in total. The van der Waals surface area contributed by atoms with Crippen LogP contribution in [0.25, 0.3) is 0 Å². The summed E-state index contributed by atoms with van der Waals surface area (Å²) in [7, 11) is 0. The third kappa shape index (κ3) is 3.32. The molecule has 0 saturated heterocycles. The van der Waals surface area contributed by atoms with E-state index in [0.29, 0.717) is 6.61 Å². The first-order valence-electron chi connectivity index (χ1n) is 5.59. The second kappa shape index (κ2) is 5.34. The maximum absolute atomic E-state index is 9.95. The van der Waals surface area contributed by atoms with Crippen LogP contribution in [-0.2, 0) is 0 Å². The molecule has 0 saturated carbocycles. The van der Waals surface area contributed by atoms with Gasteiger partial charge in [-0.05, 0) is 43.7 Å². The summed E-state index contributed by atoms with van der Waals surface area (Å²) in [5.41, 5.74) is 1.16. The van der Waals surface area contributed by atoms with Gasteiger partial charge in [-0.3, -0.25) is 0 Å². The Morgan fingerprint density at radius 2 is 2.06 bits per heavy atom. The number of aliphatic hydroxyl groups excluding tert-OH is 1. The maximum atomic E-state index is 9.95. The molecule has 1 atom stereocenters. The molecule has 1 aromatic heterocycles. The van der Waals surface area contributed by atoms with Crippen LogP contribution in [0.15, 0.2) is 36.4 Å². The van der Waals surface area contributed by atoms with Gasteiger partial charge < -0.3 is 9.84 Å². The average molecular weight is 248 g/mol. The third-order valence-electron chi connectivity index (χ3n) is 2.49. The van der Waals surface area contributed by atoms with Gasteiger partial charge in [0, 0.05) is 9.75 Å². The molecule has 2 rings (SSSR count). The van der Waals surface area contributed by atoms with Gasteiger partial charge in [0.15, 0.2) is 0 Å². The van der Waals surface area contributed by atoms with Crippen molar-refractivity contribution in [1.29, 1.82) is 0 Å². The van der Waals surface area contributed by atoms with Crippen LogP contribution in [0.3, 0.4) is 0 Å². The zero-order valence-electron chi connectivity index (χ0n) is 10.0. The first-order chi connectivity index (χ1) is 8.15. The van der Waals surface area contributed by atoms with Crippen LogP contribution in [0.1, 0.15) is 21.4 Å². The molecule has 0 aliphatic carbocycles. The molecule has 0 aliphatic rings. The molecule has 2 nitrogen and oxygen atoms in total. The molecular formula is C14H16O2S. The Balaban J connectivity index is 1.94. The van der Waals surface area contributed by atoms with E-state index in [0.717, 1.165) is 16.2 Å². The van der Waals surface area contributed by atoms with E-state index in [4.69, 9.17) is 4.74 Å². The smallest absolute Gasteiger partial charge is 0.122 e. The molecule has 90 valence electrons. The Morgan fingerprint density at radius 1 is 1.24 bits per heavy atom. The van der Waals surface area contributed by atoms with E-state index in [1.54, 1.807) is 11.3 Å². The van der Waals surface area contributed by atoms with Crippen LogP contribution in [0.4, 0.5) is 0 Å². The van der Waals surface area contributed by atoms with Crippen molar-refractivity contribution in [3.63, 3.8) is 0 Å². The molecule has 3 heteroatoms. The molecule has 17 heavy (non-hydrogen) atoms. The van der Waals surface area contributed by atoms with E-state index in [1.807, 2.05) is 50.2 Å². The summed E-state index contributed by atoms with van der Waals surface area (Å²) in [6.07, 6.45) is -0.547. The van der Waals surface area contributed by atoms with Crippen LogP contribution in [-0.4, -0.2) is 11.7 Å². The zero-order valence-corrected chi connectivity index (χ0v) is 10.8. The minimum absolute atomic E-state index is 0.295. The molecule has 0 amide bonds. The second-order valence-corrected chi connectivity index (χ2v) is 5.41. The Morgan fingerprint density at radius 3 is 2.71 bits per heavy atom. The van der Waals surface area contributed by atoms with Crippen LogP contribution >= 0.6 is 11.3 Å². The van der Waals surface area contributed by atoms with E-state index in [1.165, 1.54) is 4.88 Å². The molecular weight excluding hydrogens is 232 g/mol. The van der Waals surface area contributed by atoms with E-state index in [9.17, 15) is 5.11 Å². The summed E-state index contributed by atoms with van der Waals surface area (Å²) in [5.74, 6) is 0.803. The zero-order chi connectivity index (χ0) is 12.3. The number of ether oxygens (including phenoxy) is 1. The van der Waals surface area contributed by atoms with Gasteiger partial charge in [-0.1, -0.05) is 12.1 Å². The third-order valence-corrected chi connectivity index (χ3v) is 3.59. The van der Waals surface area contributed by atoms with Crippen molar-refractivity contribution in [1.82, 2.24) is 0 Å². The minimum Gasteiger partial charge on any atom is -0.490 e. The van der Waals surface area contributed by atoms with Crippen molar-refractivity contribution in [2.45, 2.75) is 20.0 Å². The number of rotatable bonds is 4. The average Bonchev–Trinajstić information content (AvgIpc) is 2.73. The summed E-state index contributed by atoms with van der Waals surface area (Å²) in [6.45, 7) is 4.34. The summed E-state index contributed by atoms with van der Waals surface area (Å²) in [4.78, 5) is 2.16. The molecule has 2 aromatic rings. The molecule has 1 unspecified atom stereocenters. The van der Waals surface area contributed by atoms with E-state index in [2.05, 4.69) is 0 Å². The Kier molecular flexibility index (Phi) is 3.82. The molecule has 0 spiro atoms. The van der Waals surface area contributed by atoms with Crippen LogP contribution in [0.5, 0.6) is 5.75 Å². The highest BCUT2D eigenvalue weighted by Crippen LogP contribution is 2.23. The summed E-state index contributed by atoms with van der Waals surface area (Å²) in [5, 5.41) is 9.95. The molecule has 0 radical (unpaired) electrons. The fourth-order valence-electron chi connectivity index (χ4n) is 1.59. The van der Waals surface area contributed by atoms with Gasteiger partial charge in [-0.25, -0.2) is 0 Å². The molecule has 1 heterocycles. The molecule has 1 aromatic carbocycles. The van der Waals surface area contributed by atoms with Crippen molar-refractivity contribution in [2.24, 2.45) is 0 Å². The number of hydrogen-bond acceptors (Lipinski definition) is 3. The minimum atomic E-state index is -0.547. The first-order valence-corrected chi connectivity index (χ1v) is 6.40. The maximum Gasteiger partial charge on any atom is 0.122 e. The van der Waals surface area contributed by atoms with Gasteiger partial charge in [0.25, 0.3) is 0 Å². The highest BCUT2D eigenvalue weighted by Gasteiger charge is 2.10. The highest BCUT2D eigenvalue weighted by molar-refractivity contribution is 7.12. The van der Waals surface area contributed by atoms with Crippen molar-refractivity contribution in [3.8, 4) is 5.75 Å². The van der Waals surface area contributed by atoms with Gasteiger partial charge in [0.1, 0.15) is 18.5 Å². The van der Waals surface area contributed by atoms with Crippen molar-refractivity contribution in [2.75, 3.05) is 6.61 Å². The highest BCUT2D eigenvalue weighted by atomic mass is 32.1. The van der Waals surface area contributed by atoms with E-state index < -0.39 is 6.10 Å². The van der Waals surface area contributed by atoms with E-state index >= 15 is 0 Å². The van der Waals surface area contributed by atoms with Gasteiger partial charge >= 0.3 is 0 Å². The monoisotopic (exact) mass is 248 g/mol. The standard InChI is InChI=1S/C14H16O2S/c1-10-4-3-5-12(8-10)16-9-13(15)14-7-6-11(2)17-14/h3-8,13,15H,9H2,1-2H3. The van der Waals surface area contributed by atoms with Crippen LogP contribution in [0.2, 0.25) is 0 Å². The molecule has 0 bridgehead atoms. The Bertz CT molecular complexity index is 490. The number of benzene rings is 1. The van der Waals surface area contributed by atoms with Crippen molar-refractivity contribution >= 4 is 11.3 Å². The fourth-order valence-corrected chi connectivity index (χ4v) is 2.44. The number of thiophene rings is 1. The lowest BCUT2D eigenvalue weighted by molar-refractivity contribution is 0.111. The first kappa shape index (κ1) is 12.1. The predicted octanol–water partition coefficient (Wildman–Crippen LogP) is 3.48. The Hall–Kier alpha value is -1.32.